The average Bonchev–Trinajstić information content (AvgIpc) is 3.35. The molecule has 1 aromatic carbocycles. The predicted octanol–water partition coefficient (Wildman–Crippen LogP) is 3.01. The second-order valence-corrected chi connectivity index (χ2v) is 9.64. The summed E-state index contributed by atoms with van der Waals surface area (Å²) in [4.78, 5) is 23.5. The highest BCUT2D eigenvalue weighted by Crippen LogP contribution is 2.46. The number of carbonyl (C=O) groups is 1. The van der Waals surface area contributed by atoms with E-state index in [9.17, 15) is 23.3 Å². The first-order valence-corrected chi connectivity index (χ1v) is 11.1. The molecule has 2 aliphatic carbocycles. The van der Waals surface area contributed by atoms with Crippen molar-refractivity contribution in [3.8, 4) is 0 Å². The number of hydrogen-bond acceptors (Lipinski definition) is 5. The minimum absolute atomic E-state index is 0.0338. The summed E-state index contributed by atoms with van der Waals surface area (Å²) in [5.41, 5.74) is 2.29. The Morgan fingerprint density at radius 2 is 1.93 bits per heavy atom. The Hall–Kier alpha value is -2.58. The van der Waals surface area contributed by atoms with Gasteiger partial charge in [-0.2, -0.15) is 4.31 Å². The molecular formula is C21H22N2O5S. The quantitative estimate of drug-likeness (QED) is 0.545. The number of sulfonamides is 1. The molecule has 3 aliphatic rings. The van der Waals surface area contributed by atoms with Gasteiger partial charge in [0.15, 0.2) is 5.78 Å². The van der Waals surface area contributed by atoms with Crippen molar-refractivity contribution in [1.82, 2.24) is 4.31 Å². The van der Waals surface area contributed by atoms with Gasteiger partial charge in [0.05, 0.1) is 9.82 Å². The molecule has 0 bridgehead atoms. The number of allylic oxidation sites excluding steroid dienone is 4. The van der Waals surface area contributed by atoms with Crippen molar-refractivity contribution >= 4 is 15.8 Å². The van der Waals surface area contributed by atoms with Gasteiger partial charge in [-0.05, 0) is 31.1 Å². The molecule has 0 radical (unpaired) electrons. The molecule has 29 heavy (non-hydrogen) atoms. The molecule has 1 fully saturated rings. The second kappa shape index (κ2) is 7.03. The maximum atomic E-state index is 13.3. The van der Waals surface area contributed by atoms with Crippen molar-refractivity contribution in [1.29, 1.82) is 0 Å². The molecule has 0 spiro atoms. The minimum atomic E-state index is -3.70. The average molecular weight is 414 g/mol. The van der Waals surface area contributed by atoms with Crippen molar-refractivity contribution < 1.29 is 18.1 Å². The van der Waals surface area contributed by atoms with Crippen molar-refractivity contribution in [3.63, 3.8) is 0 Å². The molecule has 0 aromatic heterocycles. The Bertz CT molecular complexity index is 1080. The zero-order chi connectivity index (χ0) is 20.9. The molecule has 1 heterocycles. The van der Waals surface area contributed by atoms with Crippen LogP contribution in [-0.2, 0) is 14.8 Å². The van der Waals surface area contributed by atoms with Crippen molar-refractivity contribution in [3.05, 3.63) is 75.0 Å². The zero-order valence-corrected chi connectivity index (χ0v) is 17.1. The fourth-order valence-corrected chi connectivity index (χ4v) is 6.38. The lowest BCUT2D eigenvalue weighted by Crippen LogP contribution is -2.38. The third-order valence-electron chi connectivity index (χ3n) is 6.07. The van der Waals surface area contributed by atoms with E-state index in [1.165, 1.54) is 16.5 Å². The molecular weight excluding hydrogens is 392 g/mol. The minimum Gasteiger partial charge on any atom is -0.294 e. The molecule has 152 valence electrons. The number of Topliss-reactive ketones (excluding diaryl/α,β-unsaturated/α-hetero) is 1. The SMILES string of the molecule is CC[C@H]1[C@H]2CC(=O)C(C3C=CC([N+](=O)[O-])=C3)=C2CN1S(=O)(=O)c1ccc(C)cc1. The number of hydrogen-bond donors (Lipinski definition) is 0. The van der Waals surface area contributed by atoms with Gasteiger partial charge in [-0.25, -0.2) is 8.42 Å². The molecule has 1 aromatic rings. The van der Waals surface area contributed by atoms with Gasteiger partial charge in [0, 0.05) is 48.6 Å². The van der Waals surface area contributed by atoms with Crippen LogP contribution in [0.3, 0.4) is 0 Å². The first-order valence-electron chi connectivity index (χ1n) is 9.63. The lowest BCUT2D eigenvalue weighted by molar-refractivity contribution is -0.418. The maximum Gasteiger partial charge on any atom is 0.266 e. The highest BCUT2D eigenvalue weighted by molar-refractivity contribution is 7.89. The number of aryl methyl sites for hydroxylation is 1. The predicted molar refractivity (Wildman–Crippen MR) is 107 cm³/mol. The van der Waals surface area contributed by atoms with Gasteiger partial charge < -0.3 is 0 Å². The number of carbonyl (C=O) groups excluding carboxylic acids is 1. The van der Waals surface area contributed by atoms with E-state index < -0.39 is 20.9 Å². The largest absolute Gasteiger partial charge is 0.294 e. The highest BCUT2D eigenvalue weighted by Gasteiger charge is 2.50. The molecule has 7 nitrogen and oxygen atoms in total. The van der Waals surface area contributed by atoms with Gasteiger partial charge in [-0.3, -0.25) is 14.9 Å². The summed E-state index contributed by atoms with van der Waals surface area (Å²) < 4.78 is 28.1. The van der Waals surface area contributed by atoms with E-state index in [-0.39, 0.29) is 41.3 Å². The van der Waals surface area contributed by atoms with Crippen LogP contribution in [0.1, 0.15) is 25.3 Å². The summed E-state index contributed by atoms with van der Waals surface area (Å²) in [6, 6.07) is 6.47. The zero-order valence-electron chi connectivity index (χ0n) is 16.2. The Morgan fingerprint density at radius 1 is 1.24 bits per heavy atom. The number of benzene rings is 1. The third-order valence-corrected chi connectivity index (χ3v) is 7.96. The molecule has 1 saturated heterocycles. The van der Waals surface area contributed by atoms with Gasteiger partial charge in [-0.15, -0.1) is 0 Å². The van der Waals surface area contributed by atoms with Crippen LogP contribution in [0.5, 0.6) is 0 Å². The number of nitrogens with zero attached hydrogens (tertiary/aromatic N) is 2. The first kappa shape index (κ1) is 19.7. The van der Waals surface area contributed by atoms with Crippen LogP contribution in [-0.4, -0.2) is 36.0 Å². The van der Waals surface area contributed by atoms with Gasteiger partial charge in [0.2, 0.25) is 10.0 Å². The van der Waals surface area contributed by atoms with E-state index in [0.29, 0.717) is 12.0 Å². The summed E-state index contributed by atoms with van der Waals surface area (Å²) in [6.07, 6.45) is 5.39. The number of ketones is 1. The van der Waals surface area contributed by atoms with Crippen molar-refractivity contribution in [2.75, 3.05) is 6.54 Å². The van der Waals surface area contributed by atoms with Gasteiger partial charge in [0.25, 0.3) is 5.70 Å². The first-order chi connectivity index (χ1) is 13.7. The monoisotopic (exact) mass is 414 g/mol. The fourth-order valence-electron chi connectivity index (χ4n) is 4.66. The summed E-state index contributed by atoms with van der Waals surface area (Å²) >= 11 is 0. The summed E-state index contributed by atoms with van der Waals surface area (Å²) in [7, 11) is -3.70. The van der Waals surface area contributed by atoms with Crippen LogP contribution in [0.4, 0.5) is 0 Å². The second-order valence-electron chi connectivity index (χ2n) is 7.75. The van der Waals surface area contributed by atoms with E-state index in [0.717, 1.165) is 11.1 Å². The van der Waals surface area contributed by atoms with Crippen LogP contribution in [0, 0.1) is 28.9 Å². The molecule has 8 heteroatoms. The summed E-state index contributed by atoms with van der Waals surface area (Å²) in [5.74, 6) is -0.655. The molecule has 0 saturated carbocycles. The molecule has 0 N–H and O–H groups in total. The standard InChI is InChI=1S/C21H22N2O5S/c1-3-19-17-11-20(24)21(14-6-7-15(10-14)23(25)26)18(17)12-22(19)29(27,28)16-8-4-13(2)5-9-16/h4-10,14,17,19H,3,11-12H2,1-2H3/t14?,17-,19-/m0/s1. The maximum absolute atomic E-state index is 13.3. The Kier molecular flexibility index (Phi) is 4.78. The van der Waals surface area contributed by atoms with Crippen LogP contribution >= 0.6 is 0 Å². The van der Waals surface area contributed by atoms with E-state index in [2.05, 4.69) is 0 Å². The molecule has 0 amide bonds. The van der Waals surface area contributed by atoms with Gasteiger partial charge >= 0.3 is 0 Å². The van der Waals surface area contributed by atoms with Crippen LogP contribution in [0.2, 0.25) is 0 Å². The van der Waals surface area contributed by atoms with E-state index in [1.807, 2.05) is 13.8 Å². The normalized spacial score (nSPS) is 26.9. The molecule has 4 rings (SSSR count). The summed E-state index contributed by atoms with van der Waals surface area (Å²) in [5, 5.41) is 11.0. The molecule has 3 atom stereocenters. The Balaban J connectivity index is 1.73. The van der Waals surface area contributed by atoms with E-state index in [4.69, 9.17) is 0 Å². The number of rotatable bonds is 5. The molecule has 1 unspecified atom stereocenters. The van der Waals surface area contributed by atoms with E-state index in [1.54, 1.807) is 30.3 Å². The highest BCUT2D eigenvalue weighted by atomic mass is 32.2. The lowest BCUT2D eigenvalue weighted by atomic mass is 9.93. The lowest BCUT2D eigenvalue weighted by Gasteiger charge is -2.25. The topological polar surface area (TPSA) is 97.6 Å². The van der Waals surface area contributed by atoms with E-state index >= 15 is 0 Å². The van der Waals surface area contributed by atoms with Crippen LogP contribution in [0.15, 0.2) is 64.2 Å². The summed E-state index contributed by atoms with van der Waals surface area (Å²) in [6.45, 7) is 3.98. The number of nitro groups is 1. The van der Waals surface area contributed by atoms with Crippen LogP contribution in [0.25, 0.3) is 0 Å². The third kappa shape index (κ3) is 3.16. The Labute approximate surface area is 169 Å². The van der Waals surface area contributed by atoms with Crippen molar-refractivity contribution in [2.45, 2.75) is 37.6 Å². The Morgan fingerprint density at radius 3 is 2.52 bits per heavy atom. The van der Waals surface area contributed by atoms with Crippen molar-refractivity contribution in [2.24, 2.45) is 11.8 Å². The van der Waals surface area contributed by atoms with Gasteiger partial charge in [-0.1, -0.05) is 30.7 Å². The smallest absolute Gasteiger partial charge is 0.266 e. The number of fused-ring (bicyclic) bond motifs is 1. The van der Waals surface area contributed by atoms with Gasteiger partial charge in [0.1, 0.15) is 0 Å². The fraction of sp³-hybridized carbons (Fsp3) is 0.381. The molecule has 1 aliphatic heterocycles. The van der Waals surface area contributed by atoms with Crippen LogP contribution < -0.4 is 0 Å².